The van der Waals surface area contributed by atoms with Gasteiger partial charge in [-0.2, -0.15) is 0 Å². The van der Waals surface area contributed by atoms with Gasteiger partial charge in [0.25, 0.3) is 5.91 Å². The summed E-state index contributed by atoms with van der Waals surface area (Å²) >= 11 is 0. The third kappa shape index (κ3) is 4.06. The third-order valence-corrected chi connectivity index (χ3v) is 3.44. The summed E-state index contributed by atoms with van der Waals surface area (Å²) in [5, 5.41) is 6.69. The van der Waals surface area contributed by atoms with Crippen molar-refractivity contribution >= 4 is 5.91 Å². The van der Waals surface area contributed by atoms with Crippen molar-refractivity contribution in [3.63, 3.8) is 0 Å². The van der Waals surface area contributed by atoms with E-state index in [1.54, 1.807) is 6.07 Å². The fourth-order valence-electron chi connectivity index (χ4n) is 2.17. The van der Waals surface area contributed by atoms with E-state index in [-0.39, 0.29) is 11.4 Å². The van der Waals surface area contributed by atoms with Crippen molar-refractivity contribution in [3.05, 3.63) is 17.5 Å². The van der Waals surface area contributed by atoms with Gasteiger partial charge in [-0.15, -0.1) is 0 Å². The van der Waals surface area contributed by atoms with Crippen molar-refractivity contribution in [1.29, 1.82) is 0 Å². The molecule has 0 fully saturated rings. The molecule has 0 aliphatic heterocycles. The van der Waals surface area contributed by atoms with Crippen LogP contribution in [-0.4, -0.2) is 41.1 Å². The Labute approximate surface area is 115 Å². The highest BCUT2D eigenvalue weighted by Crippen LogP contribution is 2.13. The number of rotatable bonds is 7. The molecule has 1 heterocycles. The first kappa shape index (κ1) is 15.7. The van der Waals surface area contributed by atoms with Crippen LogP contribution in [0.1, 0.15) is 50.9 Å². The van der Waals surface area contributed by atoms with Gasteiger partial charge in [0.1, 0.15) is 5.76 Å². The SMILES string of the molecule is CCc1cc(C(=O)NCC(C)(C)N(CC)CC)no1. The number of nitrogens with one attached hydrogen (secondary N) is 1. The van der Waals surface area contributed by atoms with Crippen LogP contribution in [0.25, 0.3) is 0 Å². The van der Waals surface area contributed by atoms with E-state index < -0.39 is 0 Å². The van der Waals surface area contributed by atoms with E-state index in [0.29, 0.717) is 12.2 Å². The topological polar surface area (TPSA) is 58.4 Å². The highest BCUT2D eigenvalue weighted by molar-refractivity contribution is 5.92. The molecule has 0 spiro atoms. The molecule has 0 aromatic carbocycles. The average Bonchev–Trinajstić information content (AvgIpc) is 2.86. The number of aryl methyl sites for hydroxylation is 1. The van der Waals surface area contributed by atoms with Gasteiger partial charge >= 0.3 is 0 Å². The molecule has 1 aromatic rings. The quantitative estimate of drug-likeness (QED) is 0.822. The predicted octanol–water partition coefficient (Wildman–Crippen LogP) is 2.09. The third-order valence-electron chi connectivity index (χ3n) is 3.44. The van der Waals surface area contributed by atoms with E-state index in [2.05, 4.69) is 43.1 Å². The second kappa shape index (κ2) is 6.70. The predicted molar refractivity (Wildman–Crippen MR) is 75.2 cm³/mol. The van der Waals surface area contributed by atoms with Crippen molar-refractivity contribution < 1.29 is 9.32 Å². The standard InChI is InChI=1S/C14H25N3O2/c1-6-11-9-12(16-19-11)13(18)15-10-14(4,5)17(7-2)8-3/h9H,6-8,10H2,1-5H3,(H,15,18). The minimum Gasteiger partial charge on any atom is -0.361 e. The Kier molecular flexibility index (Phi) is 5.54. The van der Waals surface area contributed by atoms with Gasteiger partial charge in [-0.1, -0.05) is 25.9 Å². The van der Waals surface area contributed by atoms with Gasteiger partial charge in [0, 0.05) is 24.6 Å². The normalized spacial score (nSPS) is 11.9. The van der Waals surface area contributed by atoms with E-state index in [9.17, 15) is 4.79 Å². The number of carbonyl (C=O) groups excluding carboxylic acids is 1. The van der Waals surface area contributed by atoms with Crippen molar-refractivity contribution in [1.82, 2.24) is 15.4 Å². The van der Waals surface area contributed by atoms with Crippen LogP contribution in [0.15, 0.2) is 10.6 Å². The summed E-state index contributed by atoms with van der Waals surface area (Å²) in [5.74, 6) is 0.553. The molecule has 0 atom stereocenters. The van der Waals surface area contributed by atoms with Gasteiger partial charge in [-0.05, 0) is 26.9 Å². The monoisotopic (exact) mass is 267 g/mol. The summed E-state index contributed by atoms with van der Waals surface area (Å²) in [4.78, 5) is 14.3. The summed E-state index contributed by atoms with van der Waals surface area (Å²) in [7, 11) is 0. The first-order chi connectivity index (χ1) is 8.94. The summed E-state index contributed by atoms with van der Waals surface area (Å²) in [6.07, 6.45) is 0.741. The van der Waals surface area contributed by atoms with Gasteiger partial charge in [0.2, 0.25) is 0 Å². The summed E-state index contributed by atoms with van der Waals surface area (Å²) < 4.78 is 5.04. The molecule has 1 rings (SSSR count). The first-order valence-corrected chi connectivity index (χ1v) is 6.93. The largest absolute Gasteiger partial charge is 0.361 e. The van der Waals surface area contributed by atoms with Crippen LogP contribution in [0.5, 0.6) is 0 Å². The Balaban J connectivity index is 2.58. The van der Waals surface area contributed by atoms with E-state index in [1.807, 2.05) is 6.92 Å². The lowest BCUT2D eigenvalue weighted by molar-refractivity contribution is 0.0876. The summed E-state index contributed by atoms with van der Waals surface area (Å²) in [5.41, 5.74) is 0.281. The zero-order chi connectivity index (χ0) is 14.5. The van der Waals surface area contributed by atoms with Gasteiger partial charge in [0.15, 0.2) is 5.69 Å². The van der Waals surface area contributed by atoms with Crippen LogP contribution < -0.4 is 5.32 Å². The molecule has 0 aliphatic rings. The minimum atomic E-state index is -0.177. The number of carbonyl (C=O) groups is 1. The van der Waals surface area contributed by atoms with Crippen LogP contribution in [-0.2, 0) is 6.42 Å². The second-order valence-corrected chi connectivity index (χ2v) is 5.20. The highest BCUT2D eigenvalue weighted by Gasteiger charge is 2.25. The average molecular weight is 267 g/mol. The molecule has 0 radical (unpaired) electrons. The lowest BCUT2D eigenvalue weighted by atomic mass is 10.0. The van der Waals surface area contributed by atoms with Gasteiger partial charge in [0.05, 0.1) is 0 Å². The maximum atomic E-state index is 12.0. The Hall–Kier alpha value is -1.36. The fourth-order valence-corrected chi connectivity index (χ4v) is 2.17. The Morgan fingerprint density at radius 2 is 2.00 bits per heavy atom. The molecular formula is C14H25N3O2. The number of amides is 1. The fraction of sp³-hybridized carbons (Fsp3) is 0.714. The van der Waals surface area contributed by atoms with Crippen molar-refractivity contribution in [2.45, 2.75) is 46.6 Å². The molecule has 108 valence electrons. The molecule has 1 aromatic heterocycles. The first-order valence-electron chi connectivity index (χ1n) is 6.93. The summed E-state index contributed by atoms with van der Waals surface area (Å²) in [6.45, 7) is 13.0. The smallest absolute Gasteiger partial charge is 0.273 e. The van der Waals surface area contributed by atoms with Crippen LogP contribution in [0.2, 0.25) is 0 Å². The molecule has 0 bridgehead atoms. The maximum absolute atomic E-state index is 12.0. The Morgan fingerprint density at radius 3 is 2.47 bits per heavy atom. The van der Waals surface area contributed by atoms with E-state index in [1.165, 1.54) is 0 Å². The lowest BCUT2D eigenvalue weighted by Crippen LogP contribution is -2.51. The number of hydrogen-bond acceptors (Lipinski definition) is 4. The molecule has 1 N–H and O–H groups in total. The molecule has 0 aliphatic carbocycles. The van der Waals surface area contributed by atoms with Gasteiger partial charge in [-0.25, -0.2) is 0 Å². The lowest BCUT2D eigenvalue weighted by Gasteiger charge is -2.37. The van der Waals surface area contributed by atoms with Crippen molar-refractivity contribution in [2.24, 2.45) is 0 Å². The van der Waals surface area contributed by atoms with E-state index >= 15 is 0 Å². The van der Waals surface area contributed by atoms with Crippen molar-refractivity contribution in [2.75, 3.05) is 19.6 Å². The van der Waals surface area contributed by atoms with Crippen LogP contribution >= 0.6 is 0 Å². The molecule has 1 amide bonds. The van der Waals surface area contributed by atoms with E-state index in [0.717, 1.165) is 25.3 Å². The zero-order valence-corrected chi connectivity index (χ0v) is 12.6. The Morgan fingerprint density at radius 1 is 1.37 bits per heavy atom. The number of aromatic nitrogens is 1. The van der Waals surface area contributed by atoms with Crippen LogP contribution in [0, 0.1) is 0 Å². The molecule has 0 saturated carbocycles. The second-order valence-electron chi connectivity index (χ2n) is 5.20. The molecule has 0 unspecified atom stereocenters. The van der Waals surface area contributed by atoms with Crippen LogP contribution in [0.3, 0.4) is 0 Å². The molecule has 19 heavy (non-hydrogen) atoms. The number of nitrogens with zero attached hydrogens (tertiary/aromatic N) is 2. The molecular weight excluding hydrogens is 242 g/mol. The molecule has 0 saturated heterocycles. The zero-order valence-electron chi connectivity index (χ0n) is 12.6. The molecule has 5 heteroatoms. The van der Waals surface area contributed by atoms with E-state index in [4.69, 9.17) is 4.52 Å². The number of hydrogen-bond donors (Lipinski definition) is 1. The minimum absolute atomic E-state index is 0.0729. The van der Waals surface area contributed by atoms with Crippen molar-refractivity contribution in [3.8, 4) is 0 Å². The number of likely N-dealkylation sites (N-methyl/N-ethyl adjacent to an activating group) is 1. The molecule has 5 nitrogen and oxygen atoms in total. The summed E-state index contributed by atoms with van der Waals surface area (Å²) in [6, 6.07) is 1.69. The van der Waals surface area contributed by atoms with Gasteiger partial charge in [-0.3, -0.25) is 9.69 Å². The van der Waals surface area contributed by atoms with Crippen LogP contribution in [0.4, 0.5) is 0 Å². The Bertz CT molecular complexity index is 409. The van der Waals surface area contributed by atoms with Gasteiger partial charge < -0.3 is 9.84 Å². The highest BCUT2D eigenvalue weighted by atomic mass is 16.5. The maximum Gasteiger partial charge on any atom is 0.273 e.